The van der Waals surface area contributed by atoms with Crippen molar-refractivity contribution in [3.63, 3.8) is 0 Å². The zero-order valence-electron chi connectivity index (χ0n) is 23.7. The lowest BCUT2D eigenvalue weighted by Gasteiger charge is -2.28. The van der Waals surface area contributed by atoms with Crippen LogP contribution in [0.25, 0.3) is 0 Å². The van der Waals surface area contributed by atoms with Crippen LogP contribution in [0.15, 0.2) is 0 Å². The third kappa shape index (κ3) is 10.5. The Morgan fingerprint density at radius 3 is 2.22 bits per heavy atom. The average Bonchev–Trinajstić information content (AvgIpc) is 3.19. The van der Waals surface area contributed by atoms with Gasteiger partial charge in [0.05, 0.1) is 19.3 Å². The predicted molar refractivity (Wildman–Crippen MR) is 142 cm³/mol. The van der Waals surface area contributed by atoms with Crippen molar-refractivity contribution in [1.29, 1.82) is 0 Å². The highest BCUT2D eigenvalue weighted by Gasteiger charge is 2.57. The van der Waals surface area contributed by atoms with Gasteiger partial charge in [-0.25, -0.2) is 0 Å². The van der Waals surface area contributed by atoms with E-state index in [9.17, 15) is 0 Å². The maximum Gasteiger partial charge on any atom is 0.187 e. The van der Waals surface area contributed by atoms with Gasteiger partial charge >= 0.3 is 0 Å². The second-order valence-electron chi connectivity index (χ2n) is 11.3. The molecule has 0 aliphatic carbocycles. The molecule has 36 heavy (non-hydrogen) atoms. The number of unbranched alkanes of at least 4 members (excludes halogenated alkanes) is 6. The van der Waals surface area contributed by atoms with Gasteiger partial charge in [0, 0.05) is 19.8 Å². The van der Waals surface area contributed by atoms with Crippen LogP contribution in [-0.4, -0.2) is 87.5 Å². The van der Waals surface area contributed by atoms with E-state index < -0.39 is 12.1 Å². The number of hydrogen-bond donors (Lipinski definition) is 0. The van der Waals surface area contributed by atoms with Gasteiger partial charge in [-0.2, -0.15) is 0 Å². The van der Waals surface area contributed by atoms with Crippen molar-refractivity contribution >= 4 is 0 Å². The summed E-state index contributed by atoms with van der Waals surface area (Å²) in [4.78, 5) is 2.53. The van der Waals surface area contributed by atoms with E-state index in [0.717, 1.165) is 32.6 Å². The van der Waals surface area contributed by atoms with Crippen molar-refractivity contribution in [3.8, 4) is 0 Å². The first-order valence-electron chi connectivity index (χ1n) is 15.0. The molecule has 0 saturated carbocycles. The minimum atomic E-state index is -0.635. The highest BCUT2D eigenvalue weighted by Crippen LogP contribution is 2.40. The molecule has 0 aromatic carbocycles. The van der Waals surface area contributed by atoms with Crippen molar-refractivity contribution in [2.45, 2.75) is 141 Å². The number of likely N-dealkylation sites (tertiary alicyclic amines) is 1. The van der Waals surface area contributed by atoms with Gasteiger partial charge < -0.3 is 33.3 Å². The summed E-state index contributed by atoms with van der Waals surface area (Å²) in [5.41, 5.74) is 0. The molecule has 0 amide bonds. The zero-order chi connectivity index (χ0) is 25.6. The largest absolute Gasteiger partial charge is 0.381 e. The standard InChI is InChI=1S/C29H55NO6/c1-5-6-7-8-9-12-15-20-31-21-16-22-33-28-27-26(35-29(3,4)36-27)25(34-28)24(2)32-23-19-30-17-13-10-11-14-18-30/h24-28H,5-23H2,1-4H3/t24-,25-,26+,27+,28+/m1/s1. The summed E-state index contributed by atoms with van der Waals surface area (Å²) in [6.45, 7) is 14.5. The van der Waals surface area contributed by atoms with Gasteiger partial charge in [0.15, 0.2) is 12.1 Å². The average molecular weight is 514 g/mol. The van der Waals surface area contributed by atoms with Crippen LogP contribution in [0.1, 0.15) is 105 Å². The summed E-state index contributed by atoms with van der Waals surface area (Å²) in [5.74, 6) is -0.635. The van der Waals surface area contributed by atoms with Crippen molar-refractivity contribution in [2.75, 3.05) is 46.1 Å². The van der Waals surface area contributed by atoms with Crippen LogP contribution in [0.5, 0.6) is 0 Å². The quantitative estimate of drug-likeness (QED) is 0.218. The second-order valence-corrected chi connectivity index (χ2v) is 11.3. The first-order valence-corrected chi connectivity index (χ1v) is 15.0. The molecule has 3 aliphatic rings. The Labute approximate surface area is 220 Å². The summed E-state index contributed by atoms with van der Waals surface area (Å²) >= 11 is 0. The molecule has 0 N–H and O–H groups in total. The molecule has 3 heterocycles. The molecule has 3 fully saturated rings. The summed E-state index contributed by atoms with van der Waals surface area (Å²) in [7, 11) is 0. The molecule has 212 valence electrons. The monoisotopic (exact) mass is 513 g/mol. The number of ether oxygens (including phenoxy) is 6. The molecule has 5 atom stereocenters. The Kier molecular flexibility index (Phi) is 14.0. The smallest absolute Gasteiger partial charge is 0.187 e. The van der Waals surface area contributed by atoms with Gasteiger partial charge in [-0.05, 0) is 59.5 Å². The Morgan fingerprint density at radius 1 is 0.806 bits per heavy atom. The minimum Gasteiger partial charge on any atom is -0.381 e. The van der Waals surface area contributed by atoms with Crippen molar-refractivity contribution in [2.24, 2.45) is 0 Å². The third-order valence-corrected chi connectivity index (χ3v) is 7.60. The fourth-order valence-corrected chi connectivity index (χ4v) is 5.55. The maximum atomic E-state index is 6.29. The van der Waals surface area contributed by atoms with E-state index in [1.807, 2.05) is 13.8 Å². The molecule has 7 heteroatoms. The summed E-state index contributed by atoms with van der Waals surface area (Å²) in [6.07, 6.45) is 14.2. The SMILES string of the molecule is CCCCCCCCCOCCCO[C@H]1O[C@H]([C@@H](C)OCCN2CCCCCC2)[C@@H]2OC(C)(C)O[C@H]12. The van der Waals surface area contributed by atoms with Crippen molar-refractivity contribution < 1.29 is 28.4 Å². The van der Waals surface area contributed by atoms with Gasteiger partial charge in [-0.1, -0.05) is 58.3 Å². The van der Waals surface area contributed by atoms with E-state index >= 15 is 0 Å². The Bertz CT molecular complexity index is 568. The summed E-state index contributed by atoms with van der Waals surface area (Å²) in [6, 6.07) is 0. The molecular formula is C29H55NO6. The molecular weight excluding hydrogens is 458 g/mol. The molecule has 0 aromatic heterocycles. The Hall–Kier alpha value is -0.280. The van der Waals surface area contributed by atoms with E-state index in [0.29, 0.717) is 13.2 Å². The van der Waals surface area contributed by atoms with Crippen LogP contribution >= 0.6 is 0 Å². The number of hydrogen-bond acceptors (Lipinski definition) is 7. The van der Waals surface area contributed by atoms with Gasteiger partial charge in [0.25, 0.3) is 0 Å². The lowest BCUT2D eigenvalue weighted by atomic mass is 10.1. The van der Waals surface area contributed by atoms with Crippen LogP contribution in [-0.2, 0) is 28.4 Å². The lowest BCUT2D eigenvalue weighted by Crippen LogP contribution is -2.40. The normalized spacial score (nSPS) is 29.3. The van der Waals surface area contributed by atoms with Gasteiger partial charge in [0.1, 0.15) is 18.3 Å². The molecule has 3 aliphatic heterocycles. The van der Waals surface area contributed by atoms with E-state index in [1.165, 1.54) is 77.3 Å². The third-order valence-electron chi connectivity index (χ3n) is 7.60. The molecule has 0 bridgehead atoms. The van der Waals surface area contributed by atoms with E-state index in [-0.39, 0.29) is 24.4 Å². The number of rotatable bonds is 18. The fourth-order valence-electron chi connectivity index (χ4n) is 5.55. The van der Waals surface area contributed by atoms with Crippen LogP contribution in [0.2, 0.25) is 0 Å². The molecule has 0 unspecified atom stereocenters. The van der Waals surface area contributed by atoms with Gasteiger partial charge in [-0.3, -0.25) is 0 Å². The molecule has 0 aromatic rings. The Morgan fingerprint density at radius 2 is 1.47 bits per heavy atom. The number of fused-ring (bicyclic) bond motifs is 1. The first kappa shape index (κ1) is 30.3. The molecule has 3 saturated heterocycles. The number of nitrogens with zero attached hydrogens (tertiary/aromatic N) is 1. The minimum absolute atomic E-state index is 0.0825. The fraction of sp³-hybridized carbons (Fsp3) is 1.00. The maximum absolute atomic E-state index is 6.29. The van der Waals surface area contributed by atoms with Gasteiger partial charge in [0.2, 0.25) is 0 Å². The van der Waals surface area contributed by atoms with E-state index in [1.54, 1.807) is 0 Å². The highest BCUT2D eigenvalue weighted by molar-refractivity contribution is 4.97. The molecule has 0 spiro atoms. The Balaban J connectivity index is 1.30. The predicted octanol–water partition coefficient (Wildman–Crippen LogP) is 5.69. The van der Waals surface area contributed by atoms with Crippen molar-refractivity contribution in [3.05, 3.63) is 0 Å². The van der Waals surface area contributed by atoms with Crippen molar-refractivity contribution in [1.82, 2.24) is 4.90 Å². The van der Waals surface area contributed by atoms with E-state index in [4.69, 9.17) is 28.4 Å². The molecule has 0 radical (unpaired) electrons. The topological polar surface area (TPSA) is 58.6 Å². The highest BCUT2D eigenvalue weighted by atomic mass is 16.8. The summed E-state index contributed by atoms with van der Waals surface area (Å²) < 4.78 is 36.8. The van der Waals surface area contributed by atoms with Crippen LogP contribution < -0.4 is 0 Å². The second kappa shape index (κ2) is 16.6. The van der Waals surface area contributed by atoms with Crippen LogP contribution in [0, 0.1) is 0 Å². The van der Waals surface area contributed by atoms with E-state index in [2.05, 4.69) is 18.7 Å². The van der Waals surface area contributed by atoms with Gasteiger partial charge in [-0.15, -0.1) is 0 Å². The van der Waals surface area contributed by atoms with Crippen LogP contribution in [0.4, 0.5) is 0 Å². The molecule has 3 rings (SSSR count). The van der Waals surface area contributed by atoms with Crippen LogP contribution in [0.3, 0.4) is 0 Å². The zero-order valence-corrected chi connectivity index (χ0v) is 23.7. The first-order chi connectivity index (χ1) is 17.5. The lowest BCUT2D eigenvalue weighted by molar-refractivity contribution is -0.245. The molecule has 7 nitrogen and oxygen atoms in total. The summed E-state index contributed by atoms with van der Waals surface area (Å²) in [5, 5.41) is 0.